The predicted molar refractivity (Wildman–Crippen MR) is 91.3 cm³/mol. The maximum atomic E-state index is 12.7. The maximum absolute atomic E-state index is 12.7. The van der Waals surface area contributed by atoms with E-state index in [4.69, 9.17) is 14.2 Å². The predicted octanol–water partition coefficient (Wildman–Crippen LogP) is 0.989. The number of β-lactam (4-membered cyclic amide) rings is 1. The van der Waals surface area contributed by atoms with Gasteiger partial charge in [-0.15, -0.1) is 11.8 Å². The van der Waals surface area contributed by atoms with Gasteiger partial charge in [-0.05, 0) is 25.7 Å². The number of rotatable bonds is 6. The Labute approximate surface area is 155 Å². The van der Waals surface area contributed by atoms with Gasteiger partial charge in [-0.25, -0.2) is 4.79 Å². The number of hydrogen-bond acceptors (Lipinski definition) is 8. The molecule has 0 aliphatic carbocycles. The fourth-order valence-corrected chi connectivity index (χ4v) is 5.18. The molecule has 144 valence electrons. The molecule has 0 aromatic carbocycles. The van der Waals surface area contributed by atoms with Crippen LogP contribution in [0.1, 0.15) is 33.6 Å². The quantitative estimate of drug-likeness (QED) is 0.410. The standard InChI is InChI=1S/C17H23NO7S/c1-8(19)13-15(21)18-14(17(22)25-10(3)24-9(2)20)12(26-16(13)18)6-11-4-5-23-7-11/h8,10-11,13,16,19H,4-7H2,1-3H3/t8-,10?,11?,13+,16-/m1/s1. The molecule has 5 atom stereocenters. The summed E-state index contributed by atoms with van der Waals surface area (Å²) in [6, 6.07) is 0. The summed E-state index contributed by atoms with van der Waals surface area (Å²) in [5, 5.41) is 9.56. The Balaban J connectivity index is 1.79. The minimum Gasteiger partial charge on any atom is -0.426 e. The van der Waals surface area contributed by atoms with Crippen LogP contribution in [-0.2, 0) is 28.6 Å². The molecular weight excluding hydrogens is 362 g/mol. The molecule has 0 saturated carbocycles. The minimum atomic E-state index is -1.04. The molecule has 26 heavy (non-hydrogen) atoms. The third kappa shape index (κ3) is 3.60. The Kier molecular flexibility index (Phi) is 5.59. The number of carbonyl (C=O) groups excluding carboxylic acids is 3. The topological polar surface area (TPSA) is 102 Å². The molecule has 8 nitrogen and oxygen atoms in total. The smallest absolute Gasteiger partial charge is 0.358 e. The van der Waals surface area contributed by atoms with Crippen LogP contribution in [0.5, 0.6) is 0 Å². The number of esters is 2. The minimum absolute atomic E-state index is 0.202. The van der Waals surface area contributed by atoms with Gasteiger partial charge in [0.1, 0.15) is 11.1 Å². The highest BCUT2D eigenvalue weighted by Crippen LogP contribution is 2.52. The lowest BCUT2D eigenvalue weighted by Gasteiger charge is -2.43. The summed E-state index contributed by atoms with van der Waals surface area (Å²) in [5.41, 5.74) is 0.202. The van der Waals surface area contributed by atoms with Crippen molar-refractivity contribution in [1.82, 2.24) is 4.90 Å². The lowest BCUT2D eigenvalue weighted by Crippen LogP contribution is -2.60. The van der Waals surface area contributed by atoms with Crippen LogP contribution in [-0.4, -0.2) is 58.8 Å². The Hall–Kier alpha value is -1.58. The zero-order valence-corrected chi connectivity index (χ0v) is 15.8. The van der Waals surface area contributed by atoms with Gasteiger partial charge in [-0.3, -0.25) is 14.5 Å². The first kappa shape index (κ1) is 19.2. The van der Waals surface area contributed by atoms with E-state index in [1.807, 2.05) is 0 Å². The van der Waals surface area contributed by atoms with Crippen LogP contribution in [0.2, 0.25) is 0 Å². The second-order valence-electron chi connectivity index (χ2n) is 6.77. The van der Waals surface area contributed by atoms with E-state index >= 15 is 0 Å². The van der Waals surface area contributed by atoms with Crippen LogP contribution in [0.25, 0.3) is 0 Å². The van der Waals surface area contributed by atoms with E-state index < -0.39 is 30.3 Å². The highest BCUT2D eigenvalue weighted by atomic mass is 32.2. The number of fused-ring (bicyclic) bond motifs is 1. The first-order chi connectivity index (χ1) is 12.3. The van der Waals surface area contributed by atoms with Crippen molar-refractivity contribution in [1.29, 1.82) is 0 Å². The van der Waals surface area contributed by atoms with E-state index in [-0.39, 0.29) is 22.9 Å². The molecule has 0 aromatic rings. The number of aliphatic hydroxyl groups is 1. The number of amides is 1. The first-order valence-corrected chi connectivity index (χ1v) is 9.54. The van der Waals surface area contributed by atoms with Gasteiger partial charge >= 0.3 is 11.9 Å². The third-order valence-electron chi connectivity index (χ3n) is 4.67. The summed E-state index contributed by atoms with van der Waals surface area (Å²) in [6.45, 7) is 5.55. The van der Waals surface area contributed by atoms with Gasteiger partial charge in [-0.2, -0.15) is 0 Å². The molecule has 0 radical (unpaired) electrons. The van der Waals surface area contributed by atoms with Gasteiger partial charge in [0.2, 0.25) is 12.2 Å². The van der Waals surface area contributed by atoms with Crippen molar-refractivity contribution in [3.05, 3.63) is 10.6 Å². The second kappa shape index (κ2) is 7.58. The van der Waals surface area contributed by atoms with Crippen LogP contribution in [0.15, 0.2) is 10.6 Å². The van der Waals surface area contributed by atoms with Crippen LogP contribution in [0.4, 0.5) is 0 Å². The summed E-state index contributed by atoms with van der Waals surface area (Å²) in [7, 11) is 0. The van der Waals surface area contributed by atoms with E-state index in [9.17, 15) is 19.5 Å². The number of aliphatic hydroxyl groups excluding tert-OH is 1. The van der Waals surface area contributed by atoms with E-state index in [0.29, 0.717) is 19.6 Å². The fraction of sp³-hybridized carbons (Fsp3) is 0.706. The lowest BCUT2D eigenvalue weighted by molar-refractivity contribution is -0.183. The molecule has 0 spiro atoms. The van der Waals surface area contributed by atoms with Gasteiger partial charge in [0.15, 0.2) is 0 Å². The number of ether oxygens (including phenoxy) is 3. The molecule has 1 N–H and O–H groups in total. The number of thioether (sulfide) groups is 1. The summed E-state index contributed by atoms with van der Waals surface area (Å²) in [6.07, 6.45) is -0.322. The molecule has 0 bridgehead atoms. The van der Waals surface area contributed by atoms with E-state index in [2.05, 4.69) is 0 Å². The van der Waals surface area contributed by atoms with E-state index in [0.717, 1.165) is 11.3 Å². The number of carbonyl (C=O) groups is 3. The Morgan fingerprint density at radius 1 is 1.38 bits per heavy atom. The molecule has 2 fully saturated rings. The molecule has 2 unspecified atom stereocenters. The summed E-state index contributed by atoms with van der Waals surface area (Å²) in [5.74, 6) is -1.80. The van der Waals surface area contributed by atoms with Crippen molar-refractivity contribution >= 4 is 29.6 Å². The Morgan fingerprint density at radius 3 is 2.69 bits per heavy atom. The highest BCUT2D eigenvalue weighted by Gasteiger charge is 2.58. The summed E-state index contributed by atoms with van der Waals surface area (Å²) >= 11 is 1.43. The van der Waals surface area contributed by atoms with Gasteiger partial charge in [0.05, 0.1) is 12.0 Å². The molecule has 2 saturated heterocycles. The average Bonchev–Trinajstić information content (AvgIpc) is 3.12. The molecule has 9 heteroatoms. The lowest BCUT2D eigenvalue weighted by atomic mass is 9.92. The zero-order valence-electron chi connectivity index (χ0n) is 15.0. The molecular formula is C17H23NO7S. The zero-order chi connectivity index (χ0) is 19.0. The molecule has 3 heterocycles. The average molecular weight is 385 g/mol. The van der Waals surface area contributed by atoms with Crippen LogP contribution in [0.3, 0.4) is 0 Å². The summed E-state index contributed by atoms with van der Waals surface area (Å²) in [4.78, 5) is 38.3. The van der Waals surface area contributed by atoms with Gasteiger partial charge < -0.3 is 19.3 Å². The third-order valence-corrected chi connectivity index (χ3v) is 6.06. The second-order valence-corrected chi connectivity index (χ2v) is 7.98. The summed E-state index contributed by atoms with van der Waals surface area (Å²) < 4.78 is 15.4. The number of nitrogens with zero attached hydrogens (tertiary/aromatic N) is 1. The van der Waals surface area contributed by atoms with E-state index in [1.54, 1.807) is 6.92 Å². The molecule has 0 aromatic heterocycles. The molecule has 3 aliphatic heterocycles. The molecule has 3 rings (SSSR count). The van der Waals surface area contributed by atoms with Gasteiger partial charge in [0.25, 0.3) is 0 Å². The van der Waals surface area contributed by atoms with Crippen LogP contribution in [0, 0.1) is 11.8 Å². The first-order valence-electron chi connectivity index (χ1n) is 8.66. The van der Waals surface area contributed by atoms with Crippen molar-refractivity contribution < 1.29 is 33.7 Å². The van der Waals surface area contributed by atoms with Crippen molar-refractivity contribution in [3.8, 4) is 0 Å². The molecule has 3 aliphatic rings. The number of hydrogen-bond donors (Lipinski definition) is 1. The van der Waals surface area contributed by atoms with E-state index in [1.165, 1.54) is 30.5 Å². The SMILES string of the molecule is CC(=O)OC(C)OC(=O)C1=C(CC2CCOC2)S[C@@H]2[C@@H]([C@@H](C)O)C(=O)N12. The Morgan fingerprint density at radius 2 is 2.12 bits per heavy atom. The maximum Gasteiger partial charge on any atom is 0.358 e. The number of allylic oxidation sites excluding steroid dienone is 1. The molecule has 1 amide bonds. The van der Waals surface area contributed by atoms with Crippen molar-refractivity contribution in [2.45, 2.75) is 51.4 Å². The van der Waals surface area contributed by atoms with Gasteiger partial charge in [-0.1, -0.05) is 0 Å². The van der Waals surface area contributed by atoms with Crippen molar-refractivity contribution in [2.75, 3.05) is 13.2 Å². The van der Waals surface area contributed by atoms with Crippen molar-refractivity contribution in [2.24, 2.45) is 11.8 Å². The largest absolute Gasteiger partial charge is 0.426 e. The van der Waals surface area contributed by atoms with Gasteiger partial charge in [0, 0.05) is 32.0 Å². The Bertz CT molecular complexity index is 641. The fourth-order valence-electron chi connectivity index (χ4n) is 3.46. The van der Waals surface area contributed by atoms with Crippen LogP contribution >= 0.6 is 11.8 Å². The van der Waals surface area contributed by atoms with Crippen molar-refractivity contribution in [3.63, 3.8) is 0 Å². The highest BCUT2D eigenvalue weighted by molar-refractivity contribution is 8.04. The van der Waals surface area contributed by atoms with Crippen LogP contribution < -0.4 is 0 Å². The monoisotopic (exact) mass is 385 g/mol. The normalized spacial score (nSPS) is 29.9.